The lowest BCUT2D eigenvalue weighted by molar-refractivity contribution is -0.132. The summed E-state index contributed by atoms with van der Waals surface area (Å²) >= 11 is 3.20. The van der Waals surface area contributed by atoms with Crippen molar-refractivity contribution in [1.29, 1.82) is 0 Å². The van der Waals surface area contributed by atoms with E-state index in [9.17, 15) is 9.59 Å². The van der Waals surface area contributed by atoms with E-state index in [1.807, 2.05) is 53.6 Å². The molecule has 1 amide bonds. The Labute approximate surface area is 182 Å². The molecule has 5 rings (SSSR count). The molecule has 0 saturated carbocycles. The molecule has 0 aliphatic carbocycles. The normalized spacial score (nSPS) is 16.4. The number of thiophene rings is 2. The van der Waals surface area contributed by atoms with Crippen molar-refractivity contribution >= 4 is 38.8 Å². The lowest BCUT2D eigenvalue weighted by Crippen LogP contribution is -2.36. The minimum Gasteiger partial charge on any atom is -0.333 e. The van der Waals surface area contributed by atoms with E-state index in [0.29, 0.717) is 5.39 Å². The zero-order valence-corrected chi connectivity index (χ0v) is 18.2. The molecule has 1 aliphatic heterocycles. The number of carbonyl (C=O) groups is 1. The maximum absolute atomic E-state index is 13.4. The van der Waals surface area contributed by atoms with Crippen molar-refractivity contribution in [3.8, 4) is 11.1 Å². The molecule has 1 aromatic carbocycles. The molecular weight excluding hydrogens is 414 g/mol. The van der Waals surface area contributed by atoms with Crippen LogP contribution in [0, 0.1) is 6.92 Å². The number of aryl methyl sites for hydroxylation is 1. The SMILES string of the molecule is Cc1sc2ncn(CC(=O)N3CCCC3c3cccs3)c(=O)c2c1-c1ccccc1. The first-order chi connectivity index (χ1) is 14.6. The Balaban J connectivity index is 1.50. The topological polar surface area (TPSA) is 55.2 Å². The van der Waals surface area contributed by atoms with Crippen molar-refractivity contribution in [3.63, 3.8) is 0 Å². The van der Waals surface area contributed by atoms with Crippen molar-refractivity contribution in [1.82, 2.24) is 14.5 Å². The van der Waals surface area contributed by atoms with Gasteiger partial charge in [0.2, 0.25) is 5.91 Å². The third-order valence-corrected chi connectivity index (χ3v) is 7.65. The van der Waals surface area contributed by atoms with Crippen molar-refractivity contribution in [3.05, 3.63) is 74.3 Å². The maximum atomic E-state index is 13.4. The number of hydrogen-bond donors (Lipinski definition) is 0. The van der Waals surface area contributed by atoms with Gasteiger partial charge in [-0.3, -0.25) is 14.2 Å². The number of likely N-dealkylation sites (tertiary alicyclic amines) is 1. The van der Waals surface area contributed by atoms with E-state index in [4.69, 9.17) is 0 Å². The number of amides is 1. The van der Waals surface area contributed by atoms with Crippen LogP contribution in [-0.2, 0) is 11.3 Å². The molecule has 1 aliphatic rings. The molecule has 1 saturated heterocycles. The molecule has 1 atom stereocenters. The number of nitrogens with zero attached hydrogens (tertiary/aromatic N) is 3. The van der Waals surface area contributed by atoms with Crippen LogP contribution in [0.15, 0.2) is 59.0 Å². The summed E-state index contributed by atoms with van der Waals surface area (Å²) in [4.78, 5) is 35.9. The van der Waals surface area contributed by atoms with Gasteiger partial charge in [0, 0.05) is 21.9 Å². The van der Waals surface area contributed by atoms with Gasteiger partial charge in [0.05, 0.1) is 17.8 Å². The van der Waals surface area contributed by atoms with E-state index < -0.39 is 0 Å². The Bertz CT molecular complexity index is 1260. The van der Waals surface area contributed by atoms with Crippen molar-refractivity contribution in [2.45, 2.75) is 32.4 Å². The fourth-order valence-electron chi connectivity index (χ4n) is 4.28. The Kier molecular flexibility index (Phi) is 5.00. The Hall–Kier alpha value is -2.77. The first-order valence-electron chi connectivity index (χ1n) is 10.0. The van der Waals surface area contributed by atoms with Crippen LogP contribution in [0.2, 0.25) is 0 Å². The van der Waals surface area contributed by atoms with Crippen LogP contribution in [0.25, 0.3) is 21.3 Å². The first kappa shape index (κ1) is 19.2. The van der Waals surface area contributed by atoms with Gasteiger partial charge in [-0.15, -0.1) is 22.7 Å². The summed E-state index contributed by atoms with van der Waals surface area (Å²) in [6, 6.07) is 14.1. The number of rotatable bonds is 4. The second-order valence-corrected chi connectivity index (χ2v) is 9.70. The van der Waals surface area contributed by atoms with E-state index in [1.54, 1.807) is 11.3 Å². The van der Waals surface area contributed by atoms with E-state index in [-0.39, 0.29) is 24.1 Å². The van der Waals surface area contributed by atoms with Crippen molar-refractivity contribution in [2.24, 2.45) is 0 Å². The van der Waals surface area contributed by atoms with E-state index in [1.165, 1.54) is 27.1 Å². The molecule has 7 heteroatoms. The van der Waals surface area contributed by atoms with Crippen LogP contribution in [0.1, 0.15) is 28.6 Å². The number of aromatic nitrogens is 2. The summed E-state index contributed by atoms with van der Waals surface area (Å²) in [5.41, 5.74) is 1.78. The van der Waals surface area contributed by atoms with E-state index in [2.05, 4.69) is 11.1 Å². The van der Waals surface area contributed by atoms with Crippen LogP contribution in [0.3, 0.4) is 0 Å². The van der Waals surface area contributed by atoms with Gasteiger partial charge in [-0.2, -0.15) is 0 Å². The summed E-state index contributed by atoms with van der Waals surface area (Å²) in [5, 5.41) is 2.65. The van der Waals surface area contributed by atoms with Crippen LogP contribution >= 0.6 is 22.7 Å². The zero-order valence-electron chi connectivity index (χ0n) is 16.6. The van der Waals surface area contributed by atoms with E-state index >= 15 is 0 Å². The molecule has 0 radical (unpaired) electrons. The molecule has 5 nitrogen and oxygen atoms in total. The van der Waals surface area contributed by atoms with Crippen LogP contribution < -0.4 is 5.56 Å². The summed E-state index contributed by atoms with van der Waals surface area (Å²) < 4.78 is 1.47. The molecule has 0 N–H and O–H groups in total. The molecule has 152 valence electrons. The fourth-order valence-corrected chi connectivity index (χ4v) is 6.16. The molecule has 4 heterocycles. The predicted octanol–water partition coefficient (Wildman–Crippen LogP) is 4.86. The van der Waals surface area contributed by atoms with Crippen LogP contribution in [-0.4, -0.2) is 26.9 Å². The largest absolute Gasteiger partial charge is 0.333 e. The van der Waals surface area contributed by atoms with Gasteiger partial charge in [-0.1, -0.05) is 36.4 Å². The van der Waals surface area contributed by atoms with Crippen molar-refractivity contribution in [2.75, 3.05) is 6.54 Å². The Morgan fingerprint density at radius 3 is 2.80 bits per heavy atom. The second-order valence-electron chi connectivity index (χ2n) is 7.52. The molecule has 4 aromatic rings. The summed E-state index contributed by atoms with van der Waals surface area (Å²) in [7, 11) is 0. The molecule has 3 aromatic heterocycles. The first-order valence-corrected chi connectivity index (χ1v) is 11.7. The van der Waals surface area contributed by atoms with E-state index in [0.717, 1.165) is 40.2 Å². The second kappa shape index (κ2) is 7.81. The molecule has 0 bridgehead atoms. The minimum absolute atomic E-state index is 0.0206. The Morgan fingerprint density at radius 2 is 2.03 bits per heavy atom. The lowest BCUT2D eigenvalue weighted by Gasteiger charge is -2.24. The number of carbonyl (C=O) groups excluding carboxylic acids is 1. The highest BCUT2D eigenvalue weighted by Gasteiger charge is 2.31. The fraction of sp³-hybridized carbons (Fsp3) is 0.261. The Morgan fingerprint density at radius 1 is 1.20 bits per heavy atom. The highest BCUT2D eigenvalue weighted by atomic mass is 32.1. The third-order valence-electron chi connectivity index (χ3n) is 5.67. The third kappa shape index (κ3) is 3.28. The summed E-state index contributed by atoms with van der Waals surface area (Å²) in [6.07, 6.45) is 3.48. The molecule has 1 unspecified atom stereocenters. The number of fused-ring (bicyclic) bond motifs is 1. The average Bonchev–Trinajstić information content (AvgIpc) is 3.49. The smallest absolute Gasteiger partial charge is 0.263 e. The van der Waals surface area contributed by atoms with Gasteiger partial charge in [-0.25, -0.2) is 4.98 Å². The van der Waals surface area contributed by atoms with Gasteiger partial charge in [0.25, 0.3) is 5.56 Å². The van der Waals surface area contributed by atoms with Gasteiger partial charge < -0.3 is 4.90 Å². The highest BCUT2D eigenvalue weighted by Crippen LogP contribution is 2.36. The monoisotopic (exact) mass is 435 g/mol. The minimum atomic E-state index is -0.150. The van der Waals surface area contributed by atoms with Gasteiger partial charge >= 0.3 is 0 Å². The van der Waals surface area contributed by atoms with Gasteiger partial charge in [-0.05, 0) is 36.8 Å². The van der Waals surface area contributed by atoms with Crippen LogP contribution in [0.4, 0.5) is 0 Å². The lowest BCUT2D eigenvalue weighted by atomic mass is 10.0. The molecule has 30 heavy (non-hydrogen) atoms. The van der Waals surface area contributed by atoms with Crippen LogP contribution in [0.5, 0.6) is 0 Å². The highest BCUT2D eigenvalue weighted by molar-refractivity contribution is 7.19. The molecule has 0 spiro atoms. The summed E-state index contributed by atoms with van der Waals surface area (Å²) in [5.74, 6) is -0.0256. The zero-order chi connectivity index (χ0) is 20.7. The quantitative estimate of drug-likeness (QED) is 0.460. The molecule has 1 fully saturated rings. The number of benzene rings is 1. The maximum Gasteiger partial charge on any atom is 0.263 e. The van der Waals surface area contributed by atoms with Crippen molar-refractivity contribution < 1.29 is 4.79 Å². The summed E-state index contributed by atoms with van der Waals surface area (Å²) in [6.45, 7) is 2.77. The predicted molar refractivity (Wildman–Crippen MR) is 122 cm³/mol. The van der Waals surface area contributed by atoms with Gasteiger partial charge in [0.1, 0.15) is 11.4 Å². The average molecular weight is 436 g/mol. The molecular formula is C23H21N3O2S2. The van der Waals surface area contributed by atoms with Gasteiger partial charge in [0.15, 0.2) is 0 Å². The standard InChI is InChI=1S/C23H21N3O2S2/c1-15-20(16-7-3-2-4-8-16)21-22(30-15)24-14-25(23(21)28)13-19(27)26-11-5-9-17(26)18-10-6-12-29-18/h2-4,6-8,10,12,14,17H,5,9,11,13H2,1H3. The number of hydrogen-bond acceptors (Lipinski definition) is 5.